The van der Waals surface area contributed by atoms with E-state index in [1.54, 1.807) is 21.7 Å². The van der Waals surface area contributed by atoms with E-state index < -0.39 is 0 Å². The van der Waals surface area contributed by atoms with Crippen molar-refractivity contribution in [3.05, 3.63) is 0 Å². The Morgan fingerprint density at radius 1 is 1.00 bits per heavy atom. The molecule has 0 bridgehead atoms. The van der Waals surface area contributed by atoms with Crippen LogP contribution in [-0.4, -0.2) is 21.1 Å². The third kappa shape index (κ3) is 1.12. The average molecular weight is 177 g/mol. The van der Waals surface area contributed by atoms with E-state index in [1.165, 1.54) is 0 Å². The Hall–Kier alpha value is 0.799. The summed E-state index contributed by atoms with van der Waals surface area (Å²) < 4.78 is 3.42. The predicted octanol–water partition coefficient (Wildman–Crippen LogP) is 0.786. The second-order valence-electron chi connectivity index (χ2n) is 1.77. The van der Waals surface area contributed by atoms with Gasteiger partial charge < -0.3 is 0 Å². The molecule has 0 saturated carbocycles. The Kier molecular flexibility index (Phi) is 1.64. The van der Waals surface area contributed by atoms with Crippen LogP contribution in [0.2, 0.25) is 8.87 Å². The van der Waals surface area contributed by atoms with Crippen LogP contribution in [0.3, 0.4) is 0 Å². The molecule has 0 aromatic carbocycles. The van der Waals surface area contributed by atoms with Gasteiger partial charge in [-0.25, -0.2) is 0 Å². The van der Waals surface area contributed by atoms with Crippen LogP contribution in [0.15, 0.2) is 0 Å². The van der Waals surface area contributed by atoms with Crippen molar-refractivity contribution in [1.29, 1.82) is 0 Å². The molecule has 0 spiro atoms. The van der Waals surface area contributed by atoms with Crippen LogP contribution in [0.4, 0.5) is 0 Å². The summed E-state index contributed by atoms with van der Waals surface area (Å²) in [6.07, 6.45) is 3.19. The summed E-state index contributed by atoms with van der Waals surface area (Å²) >= 11 is 0.0533. The standard InChI is InChI=1S/C4H8.Sn.2H/c1-3-4-2;;;/h1-4H2;;;. The second kappa shape index (κ2) is 2.06. The molecule has 1 aliphatic rings. The molecule has 1 heterocycles. The molecule has 0 unspecified atom stereocenters. The minimum atomic E-state index is 0.0533. The van der Waals surface area contributed by atoms with Gasteiger partial charge in [0.1, 0.15) is 0 Å². The fourth-order valence-electron chi connectivity index (χ4n) is 0.884. The molecule has 0 radical (unpaired) electrons. The molecule has 1 fully saturated rings. The molecule has 0 amide bonds. The zero-order valence-electron chi connectivity index (χ0n) is 3.54. The summed E-state index contributed by atoms with van der Waals surface area (Å²) in [5.41, 5.74) is 0. The summed E-state index contributed by atoms with van der Waals surface area (Å²) in [6.45, 7) is 0. The predicted molar refractivity (Wildman–Crippen MR) is 27.4 cm³/mol. The maximum atomic E-state index is 1.71. The van der Waals surface area contributed by atoms with Crippen LogP contribution in [0.1, 0.15) is 12.8 Å². The Bertz CT molecular complexity index is 15.2. The van der Waals surface area contributed by atoms with Gasteiger partial charge in [-0.2, -0.15) is 0 Å². The number of hydrogen-bond acceptors (Lipinski definition) is 0. The van der Waals surface area contributed by atoms with Crippen molar-refractivity contribution in [2.24, 2.45) is 0 Å². The van der Waals surface area contributed by atoms with Gasteiger partial charge in [-0.15, -0.1) is 0 Å². The van der Waals surface area contributed by atoms with Crippen molar-refractivity contribution in [1.82, 2.24) is 0 Å². The third-order valence-electron chi connectivity index (χ3n) is 1.25. The van der Waals surface area contributed by atoms with Gasteiger partial charge in [0.25, 0.3) is 0 Å². The van der Waals surface area contributed by atoms with E-state index in [4.69, 9.17) is 0 Å². The van der Waals surface area contributed by atoms with Crippen LogP contribution in [0.5, 0.6) is 0 Å². The van der Waals surface area contributed by atoms with Gasteiger partial charge in [-0.3, -0.25) is 0 Å². The normalized spacial score (nSPS) is 24.0. The van der Waals surface area contributed by atoms with E-state index in [0.717, 1.165) is 0 Å². The molecule has 0 aromatic rings. The molecule has 1 aliphatic heterocycles. The topological polar surface area (TPSA) is 0 Å². The van der Waals surface area contributed by atoms with Crippen molar-refractivity contribution in [3.8, 4) is 0 Å². The molecule has 1 saturated heterocycles. The molecule has 5 heavy (non-hydrogen) atoms. The van der Waals surface area contributed by atoms with Crippen LogP contribution in [-0.2, 0) is 0 Å². The fourth-order valence-corrected chi connectivity index (χ4v) is 5.93. The zero-order valence-corrected chi connectivity index (χ0v) is 7.57. The molecule has 1 heteroatoms. The van der Waals surface area contributed by atoms with Crippen molar-refractivity contribution in [2.45, 2.75) is 21.7 Å². The zero-order chi connectivity index (χ0) is 3.54. The summed E-state index contributed by atoms with van der Waals surface area (Å²) in [7, 11) is 0. The van der Waals surface area contributed by atoms with E-state index in [-0.39, 0.29) is 21.1 Å². The molecule has 0 atom stereocenters. The van der Waals surface area contributed by atoms with Crippen molar-refractivity contribution < 1.29 is 0 Å². The van der Waals surface area contributed by atoms with Crippen LogP contribution in [0, 0.1) is 0 Å². The number of rotatable bonds is 0. The SMILES string of the molecule is C1C[CH2][SnH2][CH2]1. The van der Waals surface area contributed by atoms with Crippen molar-refractivity contribution >= 4 is 21.1 Å². The van der Waals surface area contributed by atoms with Gasteiger partial charge in [0.15, 0.2) is 0 Å². The Morgan fingerprint density at radius 3 is 1.80 bits per heavy atom. The van der Waals surface area contributed by atoms with Gasteiger partial charge in [0.2, 0.25) is 0 Å². The first kappa shape index (κ1) is 3.97. The first-order chi connectivity index (χ1) is 2.50. The first-order valence-corrected chi connectivity index (χ1v) is 8.21. The third-order valence-corrected chi connectivity index (χ3v) is 6.96. The monoisotopic (exact) mass is 178 g/mol. The molecular formula is C4H10Sn. The van der Waals surface area contributed by atoms with Gasteiger partial charge in [0, 0.05) is 0 Å². The van der Waals surface area contributed by atoms with Gasteiger partial charge in [-0.05, 0) is 0 Å². The van der Waals surface area contributed by atoms with E-state index in [9.17, 15) is 0 Å². The Morgan fingerprint density at radius 2 is 1.60 bits per heavy atom. The summed E-state index contributed by atoms with van der Waals surface area (Å²) in [6, 6.07) is 0. The molecule has 0 aliphatic carbocycles. The van der Waals surface area contributed by atoms with Crippen LogP contribution < -0.4 is 0 Å². The maximum absolute atomic E-state index is 1.71. The molecule has 30 valence electrons. The minimum absolute atomic E-state index is 0.0533. The molecule has 0 N–H and O–H groups in total. The quantitative estimate of drug-likeness (QED) is 0.479. The van der Waals surface area contributed by atoms with Crippen LogP contribution in [0.25, 0.3) is 0 Å². The van der Waals surface area contributed by atoms with Gasteiger partial charge in [0.05, 0.1) is 0 Å². The van der Waals surface area contributed by atoms with E-state index >= 15 is 0 Å². The summed E-state index contributed by atoms with van der Waals surface area (Å²) in [5, 5.41) is 0. The molecule has 0 aromatic heterocycles. The molecule has 1 rings (SSSR count). The van der Waals surface area contributed by atoms with E-state index in [2.05, 4.69) is 0 Å². The summed E-state index contributed by atoms with van der Waals surface area (Å²) in [5.74, 6) is 0. The Labute approximate surface area is 43.2 Å². The summed E-state index contributed by atoms with van der Waals surface area (Å²) in [4.78, 5) is 0. The fraction of sp³-hybridized carbons (Fsp3) is 1.00. The number of hydrogen-bond donors (Lipinski definition) is 0. The van der Waals surface area contributed by atoms with Gasteiger partial charge >= 0.3 is 42.9 Å². The van der Waals surface area contributed by atoms with Crippen LogP contribution >= 0.6 is 0 Å². The average Bonchev–Trinajstić information content (AvgIpc) is 1.76. The van der Waals surface area contributed by atoms with Crippen molar-refractivity contribution in [3.63, 3.8) is 0 Å². The van der Waals surface area contributed by atoms with Gasteiger partial charge in [-0.1, -0.05) is 0 Å². The molecule has 0 nitrogen and oxygen atoms in total. The second-order valence-corrected chi connectivity index (χ2v) is 7.82. The van der Waals surface area contributed by atoms with E-state index in [1.807, 2.05) is 0 Å². The Balaban J connectivity index is 2.08. The van der Waals surface area contributed by atoms with E-state index in [0.29, 0.717) is 0 Å². The molecular weight excluding hydrogens is 167 g/mol. The first-order valence-electron chi connectivity index (χ1n) is 2.50. The van der Waals surface area contributed by atoms with Crippen molar-refractivity contribution in [2.75, 3.05) is 0 Å².